The molecular formula is C11H22N2O2. The van der Waals surface area contributed by atoms with Crippen molar-refractivity contribution in [2.45, 2.75) is 26.2 Å². The number of carbonyl (C=O) groups is 1. The first kappa shape index (κ1) is 12.5. The van der Waals surface area contributed by atoms with Crippen LogP contribution < -0.4 is 10.6 Å². The van der Waals surface area contributed by atoms with Gasteiger partial charge in [-0.2, -0.15) is 0 Å². The van der Waals surface area contributed by atoms with Gasteiger partial charge in [0.25, 0.3) is 0 Å². The molecule has 88 valence electrons. The summed E-state index contributed by atoms with van der Waals surface area (Å²) in [5.74, 6) is 0.706. The first-order valence-electron chi connectivity index (χ1n) is 5.88. The molecular weight excluding hydrogens is 192 g/mol. The number of carbonyl (C=O) groups excluding carboxylic acids is 1. The van der Waals surface area contributed by atoms with Gasteiger partial charge in [-0.25, -0.2) is 0 Å². The van der Waals surface area contributed by atoms with Gasteiger partial charge in [0.15, 0.2) is 0 Å². The Kier molecular flexibility index (Phi) is 6.36. The smallest absolute Gasteiger partial charge is 0.220 e. The Labute approximate surface area is 91.8 Å². The Balaban J connectivity index is 2.01. The van der Waals surface area contributed by atoms with Crippen molar-refractivity contribution in [1.82, 2.24) is 10.6 Å². The SMILES string of the molecule is CCNCCNC(=O)CC1CCOCC1. The summed E-state index contributed by atoms with van der Waals surface area (Å²) in [6, 6.07) is 0. The number of amides is 1. The molecule has 1 rings (SSSR count). The molecule has 1 fully saturated rings. The molecule has 0 saturated carbocycles. The summed E-state index contributed by atoms with van der Waals surface area (Å²) in [6.07, 6.45) is 2.72. The van der Waals surface area contributed by atoms with Crippen molar-refractivity contribution >= 4 is 5.91 Å². The molecule has 4 heteroatoms. The molecule has 1 aliphatic heterocycles. The average molecular weight is 214 g/mol. The fraction of sp³-hybridized carbons (Fsp3) is 0.909. The molecule has 0 aromatic heterocycles. The summed E-state index contributed by atoms with van der Waals surface area (Å²) in [7, 11) is 0. The molecule has 1 saturated heterocycles. The zero-order valence-electron chi connectivity index (χ0n) is 9.55. The fourth-order valence-electron chi connectivity index (χ4n) is 1.75. The molecule has 0 aromatic rings. The van der Waals surface area contributed by atoms with E-state index in [2.05, 4.69) is 17.6 Å². The largest absolute Gasteiger partial charge is 0.381 e. The van der Waals surface area contributed by atoms with E-state index in [1.807, 2.05) is 0 Å². The first-order chi connectivity index (χ1) is 7.33. The zero-order valence-corrected chi connectivity index (χ0v) is 9.55. The van der Waals surface area contributed by atoms with Crippen LogP contribution in [-0.2, 0) is 9.53 Å². The highest BCUT2D eigenvalue weighted by atomic mass is 16.5. The maximum Gasteiger partial charge on any atom is 0.220 e. The molecule has 0 spiro atoms. The van der Waals surface area contributed by atoms with Crippen molar-refractivity contribution < 1.29 is 9.53 Å². The Morgan fingerprint density at radius 2 is 2.07 bits per heavy atom. The number of likely N-dealkylation sites (N-methyl/N-ethyl adjacent to an activating group) is 1. The van der Waals surface area contributed by atoms with Crippen LogP contribution in [0.4, 0.5) is 0 Å². The van der Waals surface area contributed by atoms with Gasteiger partial charge in [0, 0.05) is 32.7 Å². The lowest BCUT2D eigenvalue weighted by Crippen LogP contribution is -2.33. The van der Waals surface area contributed by atoms with Gasteiger partial charge in [0.2, 0.25) is 5.91 Å². The summed E-state index contributed by atoms with van der Waals surface area (Å²) < 4.78 is 5.25. The van der Waals surface area contributed by atoms with Crippen molar-refractivity contribution in [1.29, 1.82) is 0 Å². The number of hydrogen-bond acceptors (Lipinski definition) is 3. The van der Waals surface area contributed by atoms with Crippen LogP contribution in [0, 0.1) is 5.92 Å². The highest BCUT2D eigenvalue weighted by Gasteiger charge is 2.16. The molecule has 0 atom stereocenters. The average Bonchev–Trinajstić information content (AvgIpc) is 2.26. The van der Waals surface area contributed by atoms with Crippen molar-refractivity contribution in [2.24, 2.45) is 5.92 Å². The normalized spacial score (nSPS) is 17.7. The quantitative estimate of drug-likeness (QED) is 0.634. The summed E-state index contributed by atoms with van der Waals surface area (Å²) in [5.41, 5.74) is 0. The standard InChI is InChI=1S/C11H22N2O2/c1-2-12-5-6-13-11(14)9-10-3-7-15-8-4-10/h10,12H,2-9H2,1H3,(H,13,14). The summed E-state index contributed by atoms with van der Waals surface area (Å²) >= 11 is 0. The second-order valence-corrected chi connectivity index (χ2v) is 3.96. The monoisotopic (exact) mass is 214 g/mol. The van der Waals surface area contributed by atoms with Gasteiger partial charge in [-0.05, 0) is 25.3 Å². The fourth-order valence-corrected chi connectivity index (χ4v) is 1.75. The van der Waals surface area contributed by atoms with E-state index in [4.69, 9.17) is 4.74 Å². The van der Waals surface area contributed by atoms with Crippen LogP contribution in [0.15, 0.2) is 0 Å². The van der Waals surface area contributed by atoms with Crippen LogP contribution in [0.2, 0.25) is 0 Å². The highest BCUT2D eigenvalue weighted by Crippen LogP contribution is 2.17. The molecule has 0 radical (unpaired) electrons. The van der Waals surface area contributed by atoms with Crippen LogP contribution in [0.3, 0.4) is 0 Å². The third-order valence-electron chi connectivity index (χ3n) is 2.69. The second-order valence-electron chi connectivity index (χ2n) is 3.96. The van der Waals surface area contributed by atoms with Crippen LogP contribution in [-0.4, -0.2) is 38.8 Å². The number of rotatable bonds is 6. The topological polar surface area (TPSA) is 50.4 Å². The van der Waals surface area contributed by atoms with Crippen LogP contribution in [0.1, 0.15) is 26.2 Å². The van der Waals surface area contributed by atoms with Crippen molar-refractivity contribution in [3.05, 3.63) is 0 Å². The molecule has 2 N–H and O–H groups in total. The Hall–Kier alpha value is -0.610. The van der Waals surface area contributed by atoms with E-state index in [1.165, 1.54) is 0 Å². The molecule has 1 amide bonds. The third kappa shape index (κ3) is 5.74. The molecule has 4 nitrogen and oxygen atoms in total. The minimum atomic E-state index is 0.180. The van der Waals surface area contributed by atoms with E-state index in [0.29, 0.717) is 12.3 Å². The van der Waals surface area contributed by atoms with E-state index in [1.54, 1.807) is 0 Å². The summed E-state index contributed by atoms with van der Waals surface area (Å²) in [5, 5.41) is 6.10. The van der Waals surface area contributed by atoms with E-state index in [-0.39, 0.29) is 5.91 Å². The summed E-state index contributed by atoms with van der Waals surface area (Å²) in [6.45, 7) is 6.23. The molecule has 0 aliphatic carbocycles. The molecule has 0 unspecified atom stereocenters. The predicted octanol–water partition coefficient (Wildman–Crippen LogP) is 0.529. The van der Waals surface area contributed by atoms with Gasteiger partial charge >= 0.3 is 0 Å². The Bertz CT molecular complexity index is 179. The van der Waals surface area contributed by atoms with Gasteiger partial charge in [-0.15, -0.1) is 0 Å². The minimum Gasteiger partial charge on any atom is -0.381 e. The summed E-state index contributed by atoms with van der Waals surface area (Å²) in [4.78, 5) is 11.5. The van der Waals surface area contributed by atoms with E-state index < -0.39 is 0 Å². The van der Waals surface area contributed by atoms with Gasteiger partial charge in [-0.3, -0.25) is 4.79 Å². The van der Waals surface area contributed by atoms with E-state index in [9.17, 15) is 4.79 Å². The highest BCUT2D eigenvalue weighted by molar-refractivity contribution is 5.76. The predicted molar refractivity (Wildman–Crippen MR) is 59.7 cm³/mol. The van der Waals surface area contributed by atoms with Gasteiger partial charge in [0.05, 0.1) is 0 Å². The number of nitrogens with one attached hydrogen (secondary N) is 2. The minimum absolute atomic E-state index is 0.180. The Morgan fingerprint density at radius 3 is 2.73 bits per heavy atom. The lowest BCUT2D eigenvalue weighted by Gasteiger charge is -2.21. The molecule has 1 heterocycles. The molecule has 0 bridgehead atoms. The zero-order chi connectivity index (χ0) is 10.9. The van der Waals surface area contributed by atoms with Crippen molar-refractivity contribution in [2.75, 3.05) is 32.8 Å². The molecule has 15 heavy (non-hydrogen) atoms. The van der Waals surface area contributed by atoms with E-state index >= 15 is 0 Å². The first-order valence-corrected chi connectivity index (χ1v) is 5.88. The van der Waals surface area contributed by atoms with Gasteiger partial charge in [-0.1, -0.05) is 6.92 Å². The third-order valence-corrected chi connectivity index (χ3v) is 2.69. The van der Waals surface area contributed by atoms with Crippen molar-refractivity contribution in [3.63, 3.8) is 0 Å². The second kappa shape index (κ2) is 7.65. The Morgan fingerprint density at radius 1 is 1.33 bits per heavy atom. The lowest BCUT2D eigenvalue weighted by molar-refractivity contribution is -0.122. The van der Waals surface area contributed by atoms with Gasteiger partial charge in [0.1, 0.15) is 0 Å². The molecule has 0 aromatic carbocycles. The maximum absolute atomic E-state index is 11.5. The number of ether oxygens (including phenoxy) is 1. The van der Waals surface area contributed by atoms with Crippen LogP contribution >= 0.6 is 0 Å². The van der Waals surface area contributed by atoms with Crippen LogP contribution in [0.25, 0.3) is 0 Å². The van der Waals surface area contributed by atoms with Crippen LogP contribution in [0.5, 0.6) is 0 Å². The lowest BCUT2D eigenvalue weighted by atomic mass is 9.96. The maximum atomic E-state index is 11.5. The van der Waals surface area contributed by atoms with Gasteiger partial charge < -0.3 is 15.4 Å². The number of hydrogen-bond donors (Lipinski definition) is 2. The molecule has 1 aliphatic rings. The van der Waals surface area contributed by atoms with E-state index in [0.717, 1.165) is 45.7 Å². The van der Waals surface area contributed by atoms with Crippen molar-refractivity contribution in [3.8, 4) is 0 Å².